The van der Waals surface area contributed by atoms with Crippen molar-refractivity contribution in [3.8, 4) is 5.75 Å². The van der Waals surface area contributed by atoms with E-state index in [1.807, 2.05) is 7.05 Å². The molecule has 22 heavy (non-hydrogen) atoms. The lowest BCUT2D eigenvalue weighted by Gasteiger charge is -2.32. The monoisotopic (exact) mass is 345 g/mol. The van der Waals surface area contributed by atoms with Gasteiger partial charge in [-0.2, -0.15) is 4.31 Å². The maximum atomic E-state index is 12.7. The largest absolute Gasteiger partial charge is 0.482 e. The summed E-state index contributed by atoms with van der Waals surface area (Å²) in [6.07, 6.45) is 0. The second-order valence-corrected chi connectivity index (χ2v) is 7.64. The predicted octanol–water partition coefficient (Wildman–Crippen LogP) is 0.607. The summed E-state index contributed by atoms with van der Waals surface area (Å²) in [7, 11) is -1.73. The Labute approximate surface area is 133 Å². The maximum absolute atomic E-state index is 12.7. The number of ether oxygens (including phenoxy) is 1. The Balaban J connectivity index is 1.95. The molecule has 0 saturated carbocycles. The van der Waals surface area contributed by atoms with Crippen LogP contribution < -0.4 is 10.1 Å². The van der Waals surface area contributed by atoms with E-state index in [1.54, 1.807) is 0 Å². The van der Waals surface area contributed by atoms with E-state index in [-0.39, 0.29) is 22.4 Å². The lowest BCUT2D eigenvalue weighted by Crippen LogP contribution is -2.47. The molecule has 0 aromatic heterocycles. The molecule has 1 aromatic carbocycles. The van der Waals surface area contributed by atoms with Gasteiger partial charge in [-0.15, -0.1) is 0 Å². The van der Waals surface area contributed by atoms with Gasteiger partial charge in [0.2, 0.25) is 10.0 Å². The quantitative estimate of drug-likeness (QED) is 0.849. The predicted molar refractivity (Wildman–Crippen MR) is 81.8 cm³/mol. The molecule has 9 heteroatoms. The van der Waals surface area contributed by atoms with Gasteiger partial charge < -0.3 is 15.0 Å². The summed E-state index contributed by atoms with van der Waals surface area (Å²) >= 11 is 6.12. The number of carbonyl (C=O) groups excluding carboxylic acids is 1. The summed E-state index contributed by atoms with van der Waals surface area (Å²) in [5.41, 5.74) is 0.388. The van der Waals surface area contributed by atoms with Crippen molar-refractivity contribution in [1.82, 2.24) is 9.21 Å². The molecule has 0 aliphatic carbocycles. The van der Waals surface area contributed by atoms with Gasteiger partial charge in [-0.25, -0.2) is 8.42 Å². The Morgan fingerprint density at radius 1 is 1.23 bits per heavy atom. The van der Waals surface area contributed by atoms with E-state index in [2.05, 4.69) is 10.2 Å². The number of sulfonamides is 1. The van der Waals surface area contributed by atoms with Gasteiger partial charge in [-0.05, 0) is 13.1 Å². The number of nitrogens with zero attached hydrogens (tertiary/aromatic N) is 2. The first kappa shape index (κ1) is 15.5. The molecule has 0 spiro atoms. The number of fused-ring (bicyclic) bond motifs is 1. The summed E-state index contributed by atoms with van der Waals surface area (Å²) < 4.78 is 32.2. The van der Waals surface area contributed by atoms with Gasteiger partial charge in [0.15, 0.2) is 6.61 Å². The molecule has 0 radical (unpaired) electrons. The van der Waals surface area contributed by atoms with Crippen molar-refractivity contribution in [2.24, 2.45) is 0 Å². The molecule has 1 fully saturated rings. The first-order valence-corrected chi connectivity index (χ1v) is 8.64. The van der Waals surface area contributed by atoms with Crippen molar-refractivity contribution < 1.29 is 17.9 Å². The molecule has 2 aliphatic rings. The molecule has 120 valence electrons. The average Bonchev–Trinajstić information content (AvgIpc) is 2.46. The van der Waals surface area contributed by atoms with Crippen LogP contribution in [0.1, 0.15) is 0 Å². The maximum Gasteiger partial charge on any atom is 0.262 e. The highest BCUT2D eigenvalue weighted by Gasteiger charge is 2.31. The van der Waals surface area contributed by atoms with Crippen LogP contribution in [-0.2, 0) is 14.8 Å². The van der Waals surface area contributed by atoms with Crippen LogP contribution in [0.3, 0.4) is 0 Å². The minimum atomic E-state index is -3.68. The van der Waals surface area contributed by atoms with E-state index in [9.17, 15) is 13.2 Å². The number of halogens is 1. The molecule has 3 rings (SSSR count). The summed E-state index contributed by atoms with van der Waals surface area (Å²) in [6.45, 7) is 2.05. The van der Waals surface area contributed by atoms with E-state index in [1.165, 1.54) is 16.4 Å². The smallest absolute Gasteiger partial charge is 0.262 e. The number of piperazine rings is 1. The van der Waals surface area contributed by atoms with Gasteiger partial charge in [0, 0.05) is 32.2 Å². The second kappa shape index (κ2) is 5.69. The molecular weight excluding hydrogens is 330 g/mol. The normalized spacial score (nSPS) is 20.2. The first-order valence-electron chi connectivity index (χ1n) is 6.83. The molecule has 1 amide bonds. The molecule has 2 heterocycles. The summed E-state index contributed by atoms with van der Waals surface area (Å²) in [4.78, 5) is 13.4. The minimum absolute atomic E-state index is 0.00798. The fourth-order valence-corrected chi connectivity index (χ4v) is 4.39. The zero-order valence-electron chi connectivity index (χ0n) is 12.0. The number of hydrogen-bond donors (Lipinski definition) is 1. The summed E-state index contributed by atoms with van der Waals surface area (Å²) in [5, 5.41) is 2.67. The third-order valence-electron chi connectivity index (χ3n) is 3.75. The van der Waals surface area contributed by atoms with E-state index >= 15 is 0 Å². The Morgan fingerprint density at radius 2 is 1.91 bits per heavy atom. The first-order chi connectivity index (χ1) is 10.4. The van der Waals surface area contributed by atoms with Crippen LogP contribution in [0.2, 0.25) is 5.02 Å². The molecule has 7 nitrogen and oxygen atoms in total. The van der Waals surface area contributed by atoms with Gasteiger partial charge in [0.1, 0.15) is 10.6 Å². The summed E-state index contributed by atoms with van der Waals surface area (Å²) in [5.74, 6) is 0.0231. The molecule has 2 aliphatic heterocycles. The van der Waals surface area contributed by atoms with Crippen LogP contribution in [0.4, 0.5) is 5.69 Å². The molecule has 1 aromatic rings. The zero-order valence-corrected chi connectivity index (χ0v) is 13.6. The number of rotatable bonds is 2. The van der Waals surface area contributed by atoms with Crippen LogP contribution in [0.5, 0.6) is 5.75 Å². The highest BCUT2D eigenvalue weighted by atomic mass is 35.5. The highest BCUT2D eigenvalue weighted by Crippen LogP contribution is 2.36. The Morgan fingerprint density at radius 3 is 2.59 bits per heavy atom. The highest BCUT2D eigenvalue weighted by molar-refractivity contribution is 7.89. The molecule has 0 bridgehead atoms. The Bertz CT molecular complexity index is 714. The van der Waals surface area contributed by atoms with Crippen molar-refractivity contribution in [3.05, 3.63) is 17.2 Å². The van der Waals surface area contributed by atoms with Crippen molar-refractivity contribution in [2.45, 2.75) is 4.90 Å². The van der Waals surface area contributed by atoms with Crippen LogP contribution in [0.25, 0.3) is 0 Å². The van der Waals surface area contributed by atoms with Crippen LogP contribution in [0, 0.1) is 0 Å². The SMILES string of the molecule is CN1CCN(S(=O)(=O)c2cc3c(cc2Cl)NC(=O)CO3)CC1. The number of amides is 1. The van der Waals surface area contributed by atoms with E-state index < -0.39 is 10.0 Å². The van der Waals surface area contributed by atoms with E-state index in [0.29, 0.717) is 37.6 Å². The lowest BCUT2D eigenvalue weighted by atomic mass is 10.2. The number of benzene rings is 1. The van der Waals surface area contributed by atoms with Crippen LogP contribution in [0.15, 0.2) is 17.0 Å². The standard InChI is InChI=1S/C13H16ClN3O4S/c1-16-2-4-17(5-3-16)22(19,20)12-7-11-10(6-9(12)14)15-13(18)8-21-11/h6-7H,2-5,8H2,1H3,(H,15,18). The third-order valence-corrected chi connectivity index (χ3v) is 6.11. The van der Waals surface area contributed by atoms with Crippen molar-refractivity contribution >= 4 is 33.2 Å². The van der Waals surface area contributed by atoms with Crippen LogP contribution in [-0.4, -0.2) is 63.4 Å². The molecule has 1 N–H and O–H groups in total. The number of hydrogen-bond acceptors (Lipinski definition) is 5. The van der Waals surface area contributed by atoms with Crippen molar-refractivity contribution in [2.75, 3.05) is 45.2 Å². The van der Waals surface area contributed by atoms with Crippen molar-refractivity contribution in [1.29, 1.82) is 0 Å². The van der Waals surface area contributed by atoms with Gasteiger partial charge in [0.05, 0.1) is 10.7 Å². The fourth-order valence-electron chi connectivity index (χ4n) is 2.45. The molecule has 0 atom stereocenters. The zero-order chi connectivity index (χ0) is 15.9. The minimum Gasteiger partial charge on any atom is -0.482 e. The van der Waals surface area contributed by atoms with Gasteiger partial charge >= 0.3 is 0 Å². The van der Waals surface area contributed by atoms with Crippen molar-refractivity contribution in [3.63, 3.8) is 0 Å². The third kappa shape index (κ3) is 2.79. The number of likely N-dealkylation sites (N-methyl/N-ethyl adjacent to an activating group) is 1. The summed E-state index contributed by atoms with van der Waals surface area (Å²) in [6, 6.07) is 2.79. The number of nitrogens with one attached hydrogen (secondary N) is 1. The fraction of sp³-hybridized carbons (Fsp3) is 0.462. The number of anilines is 1. The average molecular weight is 346 g/mol. The topological polar surface area (TPSA) is 79.0 Å². The van der Waals surface area contributed by atoms with E-state index in [0.717, 1.165) is 0 Å². The number of carbonyl (C=O) groups is 1. The van der Waals surface area contributed by atoms with Gasteiger partial charge in [-0.3, -0.25) is 4.79 Å². The van der Waals surface area contributed by atoms with Gasteiger partial charge in [-0.1, -0.05) is 11.6 Å². The molecule has 0 unspecified atom stereocenters. The second-order valence-electron chi connectivity index (χ2n) is 5.32. The molecule has 1 saturated heterocycles. The Kier molecular flexibility index (Phi) is 4.02. The van der Waals surface area contributed by atoms with Gasteiger partial charge in [0.25, 0.3) is 5.91 Å². The van der Waals surface area contributed by atoms with E-state index in [4.69, 9.17) is 16.3 Å². The van der Waals surface area contributed by atoms with Crippen LogP contribution >= 0.6 is 11.6 Å². The molecular formula is C13H16ClN3O4S. The lowest BCUT2D eigenvalue weighted by molar-refractivity contribution is -0.118. The Hall–Kier alpha value is -1.35.